The Morgan fingerprint density at radius 2 is 1.48 bits per heavy atom. The lowest BCUT2D eigenvalue weighted by Crippen LogP contribution is -2.41. The summed E-state index contributed by atoms with van der Waals surface area (Å²) in [5.41, 5.74) is 2.57. The molecule has 2 aliphatic rings. The van der Waals surface area contributed by atoms with Crippen LogP contribution >= 0.6 is 0 Å². The molecule has 1 heterocycles. The van der Waals surface area contributed by atoms with Crippen molar-refractivity contribution in [1.82, 2.24) is 0 Å². The van der Waals surface area contributed by atoms with Crippen molar-refractivity contribution in [2.45, 2.75) is 84.3 Å². The highest BCUT2D eigenvalue weighted by Crippen LogP contribution is 2.42. The van der Waals surface area contributed by atoms with E-state index in [1.807, 2.05) is 0 Å². The highest BCUT2D eigenvalue weighted by molar-refractivity contribution is 6.62. The van der Waals surface area contributed by atoms with E-state index in [4.69, 9.17) is 9.31 Å². The average molecular weight is 314 g/mol. The highest BCUT2D eigenvalue weighted by atomic mass is 16.7. The van der Waals surface area contributed by atoms with E-state index >= 15 is 0 Å². The zero-order chi connectivity index (χ0) is 16.9. The summed E-state index contributed by atoms with van der Waals surface area (Å²) in [6, 6.07) is 8.89. The van der Waals surface area contributed by atoms with Crippen LogP contribution in [0.1, 0.15) is 78.7 Å². The Morgan fingerprint density at radius 1 is 0.913 bits per heavy atom. The smallest absolute Gasteiger partial charge is 0.399 e. The fraction of sp³-hybridized carbons (Fsp3) is 0.700. The first-order valence-corrected chi connectivity index (χ1v) is 9.05. The van der Waals surface area contributed by atoms with Crippen molar-refractivity contribution in [3.63, 3.8) is 0 Å². The van der Waals surface area contributed by atoms with Crippen LogP contribution in [0.25, 0.3) is 0 Å². The standard InChI is InChI=1S/C20H31BO2/c1-18(2)12-10-15(11-13-18)16-8-7-9-17(14-16)21-22-19(3,4)20(5,6)23-21/h7-9,14-15H,10-13H2,1-6H3. The lowest BCUT2D eigenvalue weighted by molar-refractivity contribution is 0.00578. The van der Waals surface area contributed by atoms with Crippen LogP contribution < -0.4 is 5.46 Å². The van der Waals surface area contributed by atoms with E-state index in [0.29, 0.717) is 11.3 Å². The topological polar surface area (TPSA) is 18.5 Å². The predicted molar refractivity (Wildman–Crippen MR) is 97.1 cm³/mol. The molecule has 0 atom stereocenters. The van der Waals surface area contributed by atoms with Gasteiger partial charge >= 0.3 is 7.12 Å². The van der Waals surface area contributed by atoms with Gasteiger partial charge in [0.15, 0.2) is 0 Å². The first kappa shape index (κ1) is 17.0. The van der Waals surface area contributed by atoms with Crippen LogP contribution in [0.2, 0.25) is 0 Å². The number of benzene rings is 1. The SMILES string of the molecule is CC1(C)CCC(c2cccc(B3OC(C)(C)C(C)(C)O3)c2)CC1. The molecule has 3 rings (SSSR count). The molecule has 1 aliphatic carbocycles. The van der Waals surface area contributed by atoms with Crippen LogP contribution in [0.3, 0.4) is 0 Å². The molecule has 126 valence electrons. The minimum atomic E-state index is -0.275. The molecule has 2 nitrogen and oxygen atoms in total. The van der Waals surface area contributed by atoms with Crippen LogP contribution in [-0.4, -0.2) is 18.3 Å². The van der Waals surface area contributed by atoms with E-state index in [1.54, 1.807) is 0 Å². The van der Waals surface area contributed by atoms with Gasteiger partial charge in [0, 0.05) is 0 Å². The first-order valence-electron chi connectivity index (χ1n) is 9.05. The Hall–Kier alpha value is -0.795. The molecule has 1 aromatic rings. The molecule has 1 saturated heterocycles. The number of rotatable bonds is 2. The third-order valence-corrected chi connectivity index (χ3v) is 6.25. The quantitative estimate of drug-likeness (QED) is 0.739. The summed E-state index contributed by atoms with van der Waals surface area (Å²) < 4.78 is 12.4. The summed E-state index contributed by atoms with van der Waals surface area (Å²) in [6.45, 7) is 13.2. The molecule has 0 spiro atoms. The van der Waals surface area contributed by atoms with E-state index in [2.05, 4.69) is 65.8 Å². The minimum absolute atomic E-state index is 0.250. The van der Waals surface area contributed by atoms with Gasteiger partial charge in [-0.15, -0.1) is 0 Å². The normalized spacial score (nSPS) is 26.4. The lowest BCUT2D eigenvalue weighted by Gasteiger charge is -2.34. The van der Waals surface area contributed by atoms with Crippen LogP contribution in [-0.2, 0) is 9.31 Å². The average Bonchev–Trinajstić information content (AvgIpc) is 2.68. The van der Waals surface area contributed by atoms with Gasteiger partial charge in [0.05, 0.1) is 11.2 Å². The molecule has 0 amide bonds. The zero-order valence-electron chi connectivity index (χ0n) is 15.6. The molecular weight excluding hydrogens is 283 g/mol. The molecule has 1 saturated carbocycles. The van der Waals surface area contributed by atoms with E-state index < -0.39 is 0 Å². The van der Waals surface area contributed by atoms with Crippen LogP contribution in [0.15, 0.2) is 24.3 Å². The van der Waals surface area contributed by atoms with Crippen LogP contribution in [0.5, 0.6) is 0 Å². The molecule has 23 heavy (non-hydrogen) atoms. The minimum Gasteiger partial charge on any atom is -0.399 e. The van der Waals surface area contributed by atoms with Gasteiger partial charge in [-0.3, -0.25) is 0 Å². The summed E-state index contributed by atoms with van der Waals surface area (Å²) in [4.78, 5) is 0. The first-order chi connectivity index (χ1) is 10.6. The second-order valence-electron chi connectivity index (χ2n) is 9.20. The van der Waals surface area contributed by atoms with Gasteiger partial charge in [-0.1, -0.05) is 38.1 Å². The van der Waals surface area contributed by atoms with E-state index in [1.165, 1.54) is 31.2 Å². The molecule has 0 aromatic heterocycles. The predicted octanol–water partition coefficient (Wildman–Crippen LogP) is 4.67. The Labute approximate surface area is 142 Å². The van der Waals surface area contributed by atoms with Gasteiger partial charge in [0.1, 0.15) is 0 Å². The zero-order valence-corrected chi connectivity index (χ0v) is 15.6. The summed E-state index contributed by atoms with van der Waals surface area (Å²) in [5, 5.41) is 0. The fourth-order valence-electron chi connectivity index (χ4n) is 3.67. The third kappa shape index (κ3) is 3.37. The molecule has 3 heteroatoms. The van der Waals surface area contributed by atoms with Gasteiger partial charge < -0.3 is 9.31 Å². The van der Waals surface area contributed by atoms with Gasteiger partial charge in [0.2, 0.25) is 0 Å². The Kier molecular flexibility index (Phi) is 4.17. The molecule has 1 aromatic carbocycles. The van der Waals surface area contributed by atoms with E-state index in [9.17, 15) is 0 Å². The van der Waals surface area contributed by atoms with E-state index in [0.717, 1.165) is 5.46 Å². The Balaban J connectivity index is 1.77. The maximum absolute atomic E-state index is 6.20. The molecule has 0 radical (unpaired) electrons. The molecule has 0 N–H and O–H groups in total. The summed E-state index contributed by atoms with van der Waals surface area (Å²) >= 11 is 0. The summed E-state index contributed by atoms with van der Waals surface area (Å²) in [7, 11) is -0.250. The molecular formula is C20H31BO2. The number of hydrogen-bond donors (Lipinski definition) is 0. The fourth-order valence-corrected chi connectivity index (χ4v) is 3.67. The summed E-state index contributed by atoms with van der Waals surface area (Å²) in [5.74, 6) is 0.686. The second-order valence-corrected chi connectivity index (χ2v) is 9.20. The monoisotopic (exact) mass is 314 g/mol. The Morgan fingerprint density at radius 3 is 2.04 bits per heavy atom. The number of hydrogen-bond acceptors (Lipinski definition) is 2. The largest absolute Gasteiger partial charge is 0.494 e. The van der Waals surface area contributed by atoms with Gasteiger partial charge in [-0.25, -0.2) is 0 Å². The molecule has 0 unspecified atom stereocenters. The van der Waals surface area contributed by atoms with Gasteiger partial charge in [0.25, 0.3) is 0 Å². The molecule has 0 bridgehead atoms. The Bertz CT molecular complexity index is 551. The van der Waals surface area contributed by atoms with Crippen LogP contribution in [0, 0.1) is 5.41 Å². The van der Waals surface area contributed by atoms with E-state index in [-0.39, 0.29) is 18.3 Å². The molecule has 1 aliphatic heterocycles. The maximum atomic E-state index is 6.20. The second kappa shape index (κ2) is 5.63. The van der Waals surface area contributed by atoms with Crippen molar-refractivity contribution >= 4 is 12.6 Å². The highest BCUT2D eigenvalue weighted by Gasteiger charge is 2.51. The van der Waals surface area contributed by atoms with Crippen molar-refractivity contribution < 1.29 is 9.31 Å². The van der Waals surface area contributed by atoms with Crippen molar-refractivity contribution in [2.75, 3.05) is 0 Å². The maximum Gasteiger partial charge on any atom is 0.494 e. The molecule has 2 fully saturated rings. The third-order valence-electron chi connectivity index (χ3n) is 6.25. The van der Waals surface area contributed by atoms with Crippen molar-refractivity contribution in [2.24, 2.45) is 5.41 Å². The van der Waals surface area contributed by atoms with Gasteiger partial charge in [-0.05, 0) is 75.7 Å². The summed E-state index contributed by atoms with van der Waals surface area (Å²) in [6.07, 6.45) is 5.22. The van der Waals surface area contributed by atoms with Crippen LogP contribution in [0.4, 0.5) is 0 Å². The van der Waals surface area contributed by atoms with Crippen molar-refractivity contribution in [1.29, 1.82) is 0 Å². The lowest BCUT2D eigenvalue weighted by atomic mass is 9.70. The van der Waals surface area contributed by atoms with Crippen molar-refractivity contribution in [3.8, 4) is 0 Å². The van der Waals surface area contributed by atoms with Gasteiger partial charge in [-0.2, -0.15) is 0 Å². The van der Waals surface area contributed by atoms with Crippen molar-refractivity contribution in [3.05, 3.63) is 29.8 Å².